The van der Waals surface area contributed by atoms with Gasteiger partial charge in [-0.05, 0) is 18.9 Å². The van der Waals surface area contributed by atoms with E-state index >= 15 is 0 Å². The standard InChI is InChI=1S/C24H22N2O3S/c1-16-10-12-17(13-11-16)19-15-30-23-21(19)24(28)26(14-6-9-20(27)29-2)22(25-23)18-7-4-3-5-8-18/h3-5,7-8,10-13,15H,6,9,14H2,1-2H3. The van der Waals surface area contributed by atoms with Gasteiger partial charge in [-0.2, -0.15) is 0 Å². The third kappa shape index (κ3) is 3.91. The van der Waals surface area contributed by atoms with Crippen molar-refractivity contribution in [3.05, 3.63) is 75.9 Å². The van der Waals surface area contributed by atoms with E-state index in [9.17, 15) is 9.59 Å². The number of carbonyl (C=O) groups is 1. The second-order valence-corrected chi connectivity index (χ2v) is 7.99. The van der Waals surface area contributed by atoms with Crippen molar-refractivity contribution in [1.82, 2.24) is 9.55 Å². The van der Waals surface area contributed by atoms with Crippen molar-refractivity contribution < 1.29 is 9.53 Å². The first-order valence-corrected chi connectivity index (χ1v) is 10.7. The molecule has 0 amide bonds. The van der Waals surface area contributed by atoms with Crippen LogP contribution < -0.4 is 5.56 Å². The van der Waals surface area contributed by atoms with Crippen molar-refractivity contribution in [3.63, 3.8) is 0 Å². The third-order valence-corrected chi connectivity index (χ3v) is 5.95. The zero-order valence-corrected chi connectivity index (χ0v) is 17.7. The summed E-state index contributed by atoms with van der Waals surface area (Å²) in [4.78, 5) is 30.7. The molecular formula is C24H22N2O3S. The number of nitrogens with zero attached hydrogens (tertiary/aromatic N) is 2. The Balaban J connectivity index is 1.86. The molecule has 0 fully saturated rings. The fourth-order valence-electron chi connectivity index (χ4n) is 3.47. The number of rotatable bonds is 6. The molecule has 0 aliphatic carbocycles. The second-order valence-electron chi connectivity index (χ2n) is 7.13. The number of hydrogen-bond donors (Lipinski definition) is 0. The van der Waals surface area contributed by atoms with Crippen LogP contribution in [-0.4, -0.2) is 22.6 Å². The van der Waals surface area contributed by atoms with Gasteiger partial charge in [0.15, 0.2) is 0 Å². The maximum atomic E-state index is 13.6. The van der Waals surface area contributed by atoms with Gasteiger partial charge in [0.1, 0.15) is 10.7 Å². The number of esters is 1. The van der Waals surface area contributed by atoms with Crippen molar-refractivity contribution in [2.24, 2.45) is 0 Å². The Morgan fingerprint density at radius 1 is 1.07 bits per heavy atom. The lowest BCUT2D eigenvalue weighted by molar-refractivity contribution is -0.140. The average molecular weight is 419 g/mol. The van der Waals surface area contributed by atoms with E-state index in [-0.39, 0.29) is 17.9 Å². The molecule has 0 saturated heterocycles. The molecule has 0 spiro atoms. The minimum absolute atomic E-state index is 0.0828. The molecular weight excluding hydrogens is 396 g/mol. The summed E-state index contributed by atoms with van der Waals surface area (Å²) in [7, 11) is 1.37. The fourth-order valence-corrected chi connectivity index (χ4v) is 4.41. The van der Waals surface area contributed by atoms with Crippen LogP contribution in [-0.2, 0) is 16.1 Å². The van der Waals surface area contributed by atoms with E-state index in [0.717, 1.165) is 21.5 Å². The van der Waals surface area contributed by atoms with Crippen LogP contribution >= 0.6 is 11.3 Å². The lowest BCUT2D eigenvalue weighted by Gasteiger charge is -2.13. The number of fused-ring (bicyclic) bond motifs is 1. The Hall–Kier alpha value is -3.25. The van der Waals surface area contributed by atoms with Crippen LogP contribution in [0.3, 0.4) is 0 Å². The third-order valence-electron chi connectivity index (χ3n) is 5.08. The quantitative estimate of drug-likeness (QED) is 0.411. The van der Waals surface area contributed by atoms with Gasteiger partial charge in [0, 0.05) is 29.5 Å². The monoisotopic (exact) mass is 418 g/mol. The average Bonchev–Trinajstić information content (AvgIpc) is 3.20. The van der Waals surface area contributed by atoms with Gasteiger partial charge in [-0.3, -0.25) is 14.2 Å². The van der Waals surface area contributed by atoms with Crippen LogP contribution in [0.25, 0.3) is 32.7 Å². The van der Waals surface area contributed by atoms with Crippen molar-refractivity contribution in [3.8, 4) is 22.5 Å². The maximum Gasteiger partial charge on any atom is 0.305 e. The Kier molecular flexibility index (Phi) is 5.77. The first-order valence-electron chi connectivity index (χ1n) is 9.80. The minimum Gasteiger partial charge on any atom is -0.469 e. The summed E-state index contributed by atoms with van der Waals surface area (Å²) in [5.74, 6) is 0.337. The van der Waals surface area contributed by atoms with Gasteiger partial charge in [0.2, 0.25) is 0 Å². The van der Waals surface area contributed by atoms with E-state index in [1.165, 1.54) is 24.0 Å². The number of benzene rings is 2. The van der Waals surface area contributed by atoms with Crippen molar-refractivity contribution in [2.45, 2.75) is 26.3 Å². The van der Waals surface area contributed by atoms with Gasteiger partial charge in [0.25, 0.3) is 5.56 Å². The molecule has 2 aromatic heterocycles. The van der Waals surface area contributed by atoms with E-state index < -0.39 is 0 Å². The summed E-state index contributed by atoms with van der Waals surface area (Å²) in [6.45, 7) is 2.43. The highest BCUT2D eigenvalue weighted by atomic mass is 32.1. The summed E-state index contributed by atoms with van der Waals surface area (Å²) in [5.41, 5.74) is 3.86. The zero-order chi connectivity index (χ0) is 21.1. The molecule has 5 nitrogen and oxygen atoms in total. The van der Waals surface area contributed by atoms with Crippen molar-refractivity contribution in [1.29, 1.82) is 0 Å². The first-order chi connectivity index (χ1) is 14.6. The van der Waals surface area contributed by atoms with Crippen LogP contribution in [0.1, 0.15) is 18.4 Å². The van der Waals surface area contributed by atoms with Gasteiger partial charge < -0.3 is 4.74 Å². The summed E-state index contributed by atoms with van der Waals surface area (Å²) in [6, 6.07) is 17.8. The van der Waals surface area contributed by atoms with Crippen LogP contribution in [0.2, 0.25) is 0 Å². The SMILES string of the molecule is COC(=O)CCCn1c(-c2ccccc2)nc2scc(-c3ccc(C)cc3)c2c1=O. The van der Waals surface area contributed by atoms with Crippen LogP contribution in [0.15, 0.2) is 64.8 Å². The molecule has 0 radical (unpaired) electrons. The lowest BCUT2D eigenvalue weighted by atomic mass is 10.0. The molecule has 0 unspecified atom stereocenters. The zero-order valence-electron chi connectivity index (χ0n) is 16.9. The van der Waals surface area contributed by atoms with Crippen LogP contribution in [0, 0.1) is 6.92 Å². The van der Waals surface area contributed by atoms with Crippen molar-refractivity contribution in [2.75, 3.05) is 7.11 Å². The number of ether oxygens (including phenoxy) is 1. The van der Waals surface area contributed by atoms with Gasteiger partial charge in [-0.1, -0.05) is 60.2 Å². The molecule has 0 N–H and O–H groups in total. The molecule has 0 saturated carbocycles. The number of hydrogen-bond acceptors (Lipinski definition) is 5. The Labute approximate surface area is 178 Å². The topological polar surface area (TPSA) is 61.2 Å². The Bertz CT molecular complexity index is 1240. The van der Waals surface area contributed by atoms with Gasteiger partial charge in [0.05, 0.1) is 12.5 Å². The molecule has 0 aliphatic heterocycles. The predicted molar refractivity (Wildman–Crippen MR) is 121 cm³/mol. The summed E-state index contributed by atoms with van der Waals surface area (Å²) < 4.78 is 6.42. The Morgan fingerprint density at radius 2 is 1.80 bits per heavy atom. The number of carbonyl (C=O) groups excluding carboxylic acids is 1. The van der Waals surface area contributed by atoms with E-state index in [1.54, 1.807) is 4.57 Å². The fraction of sp³-hybridized carbons (Fsp3) is 0.208. The van der Waals surface area contributed by atoms with Gasteiger partial charge in [-0.15, -0.1) is 11.3 Å². The largest absolute Gasteiger partial charge is 0.469 e. The summed E-state index contributed by atoms with van der Waals surface area (Å²) in [6.07, 6.45) is 0.757. The number of thiophene rings is 1. The van der Waals surface area contributed by atoms with Gasteiger partial charge in [-0.25, -0.2) is 4.98 Å². The molecule has 2 heterocycles. The molecule has 2 aromatic carbocycles. The Morgan fingerprint density at radius 3 is 2.50 bits per heavy atom. The molecule has 4 rings (SSSR count). The van der Waals surface area contributed by atoms with Crippen molar-refractivity contribution >= 4 is 27.5 Å². The van der Waals surface area contributed by atoms with Crippen LogP contribution in [0.4, 0.5) is 0 Å². The molecule has 6 heteroatoms. The van der Waals surface area contributed by atoms with Crippen LogP contribution in [0.5, 0.6) is 0 Å². The van der Waals surface area contributed by atoms with E-state index in [4.69, 9.17) is 9.72 Å². The smallest absolute Gasteiger partial charge is 0.305 e. The summed E-state index contributed by atoms with van der Waals surface area (Å²) >= 11 is 1.48. The highest BCUT2D eigenvalue weighted by Gasteiger charge is 2.18. The van der Waals surface area contributed by atoms with Gasteiger partial charge >= 0.3 is 5.97 Å². The maximum absolute atomic E-state index is 13.6. The number of aryl methyl sites for hydroxylation is 1. The minimum atomic E-state index is -0.283. The summed E-state index contributed by atoms with van der Waals surface area (Å²) in [5, 5.41) is 2.62. The molecule has 0 atom stereocenters. The number of methoxy groups -OCH3 is 1. The van der Waals surface area contributed by atoms with E-state index in [0.29, 0.717) is 24.2 Å². The van der Waals surface area contributed by atoms with E-state index in [2.05, 4.69) is 0 Å². The van der Waals surface area contributed by atoms with E-state index in [1.807, 2.05) is 66.9 Å². The second kappa shape index (κ2) is 8.63. The molecule has 152 valence electrons. The molecule has 0 aliphatic rings. The molecule has 4 aromatic rings. The first kappa shape index (κ1) is 20.0. The highest BCUT2D eigenvalue weighted by Crippen LogP contribution is 2.32. The molecule has 0 bridgehead atoms. The number of aromatic nitrogens is 2. The highest BCUT2D eigenvalue weighted by molar-refractivity contribution is 7.17. The normalized spacial score (nSPS) is 11.0. The predicted octanol–water partition coefficient (Wildman–Crippen LogP) is 5.05. The molecule has 30 heavy (non-hydrogen) atoms. The lowest BCUT2D eigenvalue weighted by Crippen LogP contribution is -2.24.